The Balaban J connectivity index is 1.72. The smallest absolute Gasteiger partial charge is 0.229 e. The van der Waals surface area contributed by atoms with Gasteiger partial charge in [-0.15, -0.1) is 0 Å². The van der Waals surface area contributed by atoms with Gasteiger partial charge in [0.2, 0.25) is 10.0 Å². The highest BCUT2D eigenvalue weighted by Crippen LogP contribution is 2.26. The molecule has 0 amide bonds. The maximum atomic E-state index is 11.4. The van der Waals surface area contributed by atoms with E-state index in [1.165, 1.54) is 0 Å². The number of anilines is 1. The summed E-state index contributed by atoms with van der Waals surface area (Å²) in [5.74, 6) is 0.763. The average molecular weight is 372 g/mol. The summed E-state index contributed by atoms with van der Waals surface area (Å²) in [6.45, 7) is 4.50. The van der Waals surface area contributed by atoms with Crippen molar-refractivity contribution in [3.8, 4) is 17.2 Å². The highest BCUT2D eigenvalue weighted by molar-refractivity contribution is 7.92. The van der Waals surface area contributed by atoms with Crippen LogP contribution in [-0.4, -0.2) is 40.5 Å². The van der Waals surface area contributed by atoms with Crippen LogP contribution in [0, 0.1) is 6.92 Å². The number of imidazole rings is 1. The molecule has 8 nitrogen and oxygen atoms in total. The van der Waals surface area contributed by atoms with Crippen molar-refractivity contribution in [2.24, 2.45) is 0 Å². The third-order valence-corrected chi connectivity index (χ3v) is 4.91. The number of aromatic nitrogens is 4. The molecule has 2 aromatic heterocycles. The van der Waals surface area contributed by atoms with Gasteiger partial charge in [-0.2, -0.15) is 5.10 Å². The highest BCUT2D eigenvalue weighted by atomic mass is 32.2. The fourth-order valence-corrected chi connectivity index (χ4v) is 3.75. The Morgan fingerprint density at radius 2 is 2.12 bits per heavy atom. The Labute approximate surface area is 151 Å². The summed E-state index contributed by atoms with van der Waals surface area (Å²) in [6.07, 6.45) is 4.77. The van der Waals surface area contributed by atoms with Crippen molar-refractivity contribution < 1.29 is 8.42 Å². The van der Waals surface area contributed by atoms with Crippen molar-refractivity contribution in [1.82, 2.24) is 24.6 Å². The van der Waals surface area contributed by atoms with Gasteiger partial charge in [-0.25, -0.2) is 13.4 Å². The third kappa shape index (κ3) is 3.23. The Hall–Kier alpha value is -2.65. The first-order valence-corrected chi connectivity index (χ1v) is 10.2. The lowest BCUT2D eigenvalue weighted by Gasteiger charge is -2.13. The zero-order valence-corrected chi connectivity index (χ0v) is 15.4. The number of hydrogen-bond donors (Lipinski definition) is 2. The molecule has 0 fully saturated rings. The standard InChI is InChI=1S/C17H20N6O2S/c1-12-9-13(21-26(2,24)25)3-4-16(12)22-7-6-19-17(22)15-10-14-11-18-5-8-23(14)20-15/h3-4,6-7,9-10,18,21H,5,8,11H2,1-2H3. The molecule has 4 rings (SSSR count). The summed E-state index contributed by atoms with van der Waals surface area (Å²) >= 11 is 0. The van der Waals surface area contributed by atoms with Crippen LogP contribution in [0.1, 0.15) is 11.3 Å². The van der Waals surface area contributed by atoms with Gasteiger partial charge in [0, 0.05) is 31.2 Å². The monoisotopic (exact) mass is 372 g/mol. The second-order valence-electron chi connectivity index (χ2n) is 6.42. The molecular weight excluding hydrogens is 352 g/mol. The molecule has 0 saturated carbocycles. The van der Waals surface area contributed by atoms with Crippen molar-refractivity contribution in [3.63, 3.8) is 0 Å². The molecule has 1 aliphatic rings. The van der Waals surface area contributed by atoms with E-state index in [1.807, 2.05) is 34.5 Å². The van der Waals surface area contributed by atoms with Crippen LogP contribution in [0.2, 0.25) is 0 Å². The predicted molar refractivity (Wildman–Crippen MR) is 99.7 cm³/mol. The van der Waals surface area contributed by atoms with E-state index < -0.39 is 10.0 Å². The Bertz CT molecular complexity index is 1040. The number of hydrogen-bond acceptors (Lipinski definition) is 5. The minimum atomic E-state index is -3.30. The Morgan fingerprint density at radius 3 is 2.85 bits per heavy atom. The quantitative estimate of drug-likeness (QED) is 0.724. The molecule has 0 radical (unpaired) electrons. The van der Waals surface area contributed by atoms with E-state index in [0.717, 1.165) is 54.4 Å². The molecule has 0 spiro atoms. The van der Waals surface area contributed by atoms with Crippen molar-refractivity contribution >= 4 is 15.7 Å². The van der Waals surface area contributed by atoms with Crippen molar-refractivity contribution in [1.29, 1.82) is 0 Å². The van der Waals surface area contributed by atoms with Crippen LogP contribution in [0.15, 0.2) is 36.7 Å². The van der Waals surface area contributed by atoms with E-state index in [9.17, 15) is 8.42 Å². The topological polar surface area (TPSA) is 93.8 Å². The molecule has 1 aromatic carbocycles. The number of fused-ring (bicyclic) bond motifs is 1. The van der Waals surface area contributed by atoms with Gasteiger partial charge in [-0.3, -0.25) is 14.0 Å². The first-order chi connectivity index (χ1) is 12.4. The van der Waals surface area contributed by atoms with Crippen LogP contribution in [-0.2, 0) is 23.1 Å². The lowest BCUT2D eigenvalue weighted by molar-refractivity contribution is 0.476. The molecule has 3 heterocycles. The normalized spacial score (nSPS) is 14.2. The average Bonchev–Trinajstić information content (AvgIpc) is 3.19. The molecule has 136 valence electrons. The van der Waals surface area contributed by atoms with Gasteiger partial charge in [0.05, 0.1) is 24.2 Å². The number of nitrogens with one attached hydrogen (secondary N) is 2. The van der Waals surface area contributed by atoms with Crippen molar-refractivity contribution in [3.05, 3.63) is 47.9 Å². The largest absolute Gasteiger partial charge is 0.309 e. The molecule has 1 aliphatic heterocycles. The summed E-state index contributed by atoms with van der Waals surface area (Å²) < 4.78 is 29.3. The zero-order chi connectivity index (χ0) is 18.3. The van der Waals surface area contributed by atoms with Gasteiger partial charge >= 0.3 is 0 Å². The van der Waals surface area contributed by atoms with E-state index >= 15 is 0 Å². The van der Waals surface area contributed by atoms with Gasteiger partial charge in [-0.1, -0.05) is 0 Å². The van der Waals surface area contributed by atoms with E-state index in [-0.39, 0.29) is 0 Å². The third-order valence-electron chi connectivity index (χ3n) is 4.30. The second-order valence-corrected chi connectivity index (χ2v) is 8.17. The van der Waals surface area contributed by atoms with Crippen LogP contribution < -0.4 is 10.0 Å². The molecule has 0 unspecified atom stereocenters. The molecule has 26 heavy (non-hydrogen) atoms. The number of nitrogens with zero attached hydrogens (tertiary/aromatic N) is 4. The number of sulfonamides is 1. The van der Waals surface area contributed by atoms with Gasteiger partial charge in [0.15, 0.2) is 5.82 Å². The van der Waals surface area contributed by atoms with Gasteiger partial charge < -0.3 is 5.32 Å². The highest BCUT2D eigenvalue weighted by Gasteiger charge is 2.17. The molecule has 2 N–H and O–H groups in total. The molecule has 0 atom stereocenters. The number of aryl methyl sites for hydroxylation is 1. The van der Waals surface area contributed by atoms with Crippen LogP contribution in [0.5, 0.6) is 0 Å². The van der Waals surface area contributed by atoms with Crippen molar-refractivity contribution in [2.75, 3.05) is 17.5 Å². The molecule has 0 bridgehead atoms. The predicted octanol–water partition coefficient (Wildman–Crippen LogP) is 1.52. The first-order valence-electron chi connectivity index (χ1n) is 8.31. The van der Waals surface area contributed by atoms with Crippen molar-refractivity contribution in [2.45, 2.75) is 20.0 Å². The number of benzene rings is 1. The molecular formula is C17H20N6O2S. The van der Waals surface area contributed by atoms with Gasteiger partial charge in [0.25, 0.3) is 0 Å². The van der Waals surface area contributed by atoms with Crippen LogP contribution >= 0.6 is 0 Å². The minimum absolute atomic E-state index is 0.541. The summed E-state index contributed by atoms with van der Waals surface area (Å²) in [5, 5.41) is 8.01. The van der Waals surface area contributed by atoms with Crippen LogP contribution in [0.4, 0.5) is 5.69 Å². The summed E-state index contributed by atoms with van der Waals surface area (Å²) in [7, 11) is -3.30. The lowest BCUT2D eigenvalue weighted by atomic mass is 10.1. The molecule has 9 heteroatoms. The number of rotatable bonds is 4. The SMILES string of the molecule is Cc1cc(NS(C)(=O)=O)ccc1-n1ccnc1-c1cc2n(n1)CCNC2. The van der Waals surface area contributed by atoms with Crippen LogP contribution in [0.3, 0.4) is 0 Å². The minimum Gasteiger partial charge on any atom is -0.309 e. The van der Waals surface area contributed by atoms with E-state index in [4.69, 9.17) is 0 Å². The van der Waals surface area contributed by atoms with E-state index in [2.05, 4.69) is 26.2 Å². The van der Waals surface area contributed by atoms with E-state index in [0.29, 0.717) is 5.69 Å². The first kappa shape index (κ1) is 16.8. The fourth-order valence-electron chi connectivity index (χ4n) is 3.19. The molecule has 0 aliphatic carbocycles. The maximum absolute atomic E-state index is 11.4. The van der Waals surface area contributed by atoms with E-state index in [1.54, 1.807) is 12.3 Å². The Kier molecular flexibility index (Phi) is 4.04. The summed E-state index contributed by atoms with van der Waals surface area (Å²) in [4.78, 5) is 4.48. The van der Waals surface area contributed by atoms with Crippen LogP contribution in [0.25, 0.3) is 17.2 Å². The summed E-state index contributed by atoms with van der Waals surface area (Å²) in [6, 6.07) is 7.49. The maximum Gasteiger partial charge on any atom is 0.229 e. The van der Waals surface area contributed by atoms with Gasteiger partial charge in [-0.05, 0) is 36.8 Å². The Morgan fingerprint density at radius 1 is 1.27 bits per heavy atom. The molecule has 3 aromatic rings. The van der Waals surface area contributed by atoms with Gasteiger partial charge in [0.1, 0.15) is 5.69 Å². The lowest BCUT2D eigenvalue weighted by Crippen LogP contribution is -2.28. The zero-order valence-electron chi connectivity index (χ0n) is 14.6. The summed E-state index contributed by atoms with van der Waals surface area (Å²) in [5.41, 5.74) is 4.37. The fraction of sp³-hybridized carbons (Fsp3) is 0.294. The second kappa shape index (κ2) is 6.26. The molecule has 0 saturated heterocycles.